The summed E-state index contributed by atoms with van der Waals surface area (Å²) in [7, 11) is -2.89. The molecule has 106 valence electrons. The molecule has 1 rings (SSSR count). The number of sulfonamides is 1. The number of amides is 1. The molecule has 1 aromatic carbocycles. The molecule has 0 unspecified atom stereocenters. The van der Waals surface area contributed by atoms with E-state index in [4.69, 9.17) is 5.14 Å². The summed E-state index contributed by atoms with van der Waals surface area (Å²) in [4.78, 5) is 12.5. The molecule has 0 aliphatic heterocycles. The minimum absolute atomic E-state index is 0.349. The SMILES string of the molecule is CCCN(C)C(=O)c1cc(F)c(F)cc1S(N)(=O)=O. The maximum Gasteiger partial charge on any atom is 0.255 e. The Labute approximate surface area is 110 Å². The van der Waals surface area contributed by atoms with E-state index in [-0.39, 0.29) is 0 Å². The Morgan fingerprint density at radius 2 is 1.84 bits per heavy atom. The number of nitrogens with zero attached hydrogens (tertiary/aromatic N) is 1. The quantitative estimate of drug-likeness (QED) is 0.902. The minimum atomic E-state index is -4.32. The van der Waals surface area contributed by atoms with Crippen LogP contribution in [0.3, 0.4) is 0 Å². The van der Waals surface area contributed by atoms with Crippen LogP contribution in [0, 0.1) is 11.6 Å². The lowest BCUT2D eigenvalue weighted by atomic mass is 10.2. The fraction of sp³-hybridized carbons (Fsp3) is 0.364. The van der Waals surface area contributed by atoms with Crippen LogP contribution in [-0.4, -0.2) is 32.8 Å². The van der Waals surface area contributed by atoms with Gasteiger partial charge in [0.25, 0.3) is 5.91 Å². The molecule has 0 bridgehead atoms. The summed E-state index contributed by atoms with van der Waals surface area (Å²) in [5.74, 6) is -3.41. The molecular weight excluding hydrogens is 278 g/mol. The summed E-state index contributed by atoms with van der Waals surface area (Å²) in [6.45, 7) is 2.16. The number of hydrogen-bond donors (Lipinski definition) is 1. The van der Waals surface area contributed by atoms with Crippen LogP contribution >= 0.6 is 0 Å². The molecule has 5 nitrogen and oxygen atoms in total. The standard InChI is InChI=1S/C11H14F2N2O3S/c1-3-4-15(2)11(16)7-5-8(12)9(13)6-10(7)19(14,17)18/h5-6H,3-4H2,1-2H3,(H2,14,17,18). The third-order valence-corrected chi connectivity index (χ3v) is 3.42. The number of primary sulfonamides is 1. The summed E-state index contributed by atoms with van der Waals surface area (Å²) in [5, 5.41) is 4.90. The number of nitrogens with two attached hydrogens (primary N) is 1. The summed E-state index contributed by atoms with van der Waals surface area (Å²) in [6.07, 6.45) is 0.636. The molecule has 0 aliphatic carbocycles. The predicted octanol–water partition coefficient (Wildman–Crippen LogP) is 1.09. The molecule has 2 N–H and O–H groups in total. The van der Waals surface area contributed by atoms with Crippen LogP contribution in [0.1, 0.15) is 23.7 Å². The molecule has 0 heterocycles. The van der Waals surface area contributed by atoms with Crippen molar-refractivity contribution >= 4 is 15.9 Å². The van der Waals surface area contributed by atoms with E-state index in [1.165, 1.54) is 11.9 Å². The molecule has 1 amide bonds. The Morgan fingerprint density at radius 3 is 2.32 bits per heavy atom. The monoisotopic (exact) mass is 292 g/mol. The Bertz CT molecular complexity index is 602. The van der Waals surface area contributed by atoms with Crippen molar-refractivity contribution in [3.63, 3.8) is 0 Å². The van der Waals surface area contributed by atoms with Gasteiger partial charge in [-0.1, -0.05) is 6.92 Å². The van der Waals surface area contributed by atoms with Crippen LogP contribution in [0.5, 0.6) is 0 Å². The van der Waals surface area contributed by atoms with E-state index in [0.29, 0.717) is 25.1 Å². The van der Waals surface area contributed by atoms with Gasteiger partial charge >= 0.3 is 0 Å². The summed E-state index contributed by atoms with van der Waals surface area (Å²) >= 11 is 0. The highest BCUT2D eigenvalue weighted by atomic mass is 32.2. The molecule has 1 aromatic rings. The second-order valence-corrected chi connectivity index (χ2v) is 5.56. The lowest BCUT2D eigenvalue weighted by Gasteiger charge is -2.17. The lowest BCUT2D eigenvalue weighted by molar-refractivity contribution is 0.0790. The van der Waals surface area contributed by atoms with Crippen LogP contribution in [-0.2, 0) is 10.0 Å². The zero-order valence-corrected chi connectivity index (χ0v) is 11.3. The first-order chi connectivity index (χ1) is 8.68. The van der Waals surface area contributed by atoms with Gasteiger partial charge in [-0.15, -0.1) is 0 Å². The first-order valence-electron chi connectivity index (χ1n) is 5.45. The molecule has 0 saturated heterocycles. The van der Waals surface area contributed by atoms with Gasteiger partial charge < -0.3 is 4.90 Å². The predicted molar refractivity (Wildman–Crippen MR) is 65.0 cm³/mol. The molecular formula is C11H14F2N2O3S. The van der Waals surface area contributed by atoms with E-state index in [2.05, 4.69) is 0 Å². The van der Waals surface area contributed by atoms with Crippen LogP contribution in [0.25, 0.3) is 0 Å². The fourth-order valence-corrected chi connectivity index (χ4v) is 2.29. The third kappa shape index (κ3) is 3.48. The Hall–Kier alpha value is -1.54. The largest absolute Gasteiger partial charge is 0.342 e. The van der Waals surface area contributed by atoms with Crippen LogP contribution in [0.15, 0.2) is 17.0 Å². The zero-order valence-electron chi connectivity index (χ0n) is 10.5. The molecule has 0 fully saturated rings. The molecule has 0 radical (unpaired) electrons. The number of halogens is 2. The van der Waals surface area contributed by atoms with Crippen molar-refractivity contribution in [2.75, 3.05) is 13.6 Å². The van der Waals surface area contributed by atoms with Gasteiger partial charge in [0.15, 0.2) is 11.6 Å². The second-order valence-electron chi connectivity index (χ2n) is 4.03. The number of benzene rings is 1. The number of rotatable bonds is 4. The number of carbonyl (C=O) groups is 1. The first-order valence-corrected chi connectivity index (χ1v) is 7.00. The summed E-state index contributed by atoms with van der Waals surface area (Å²) < 4.78 is 48.9. The molecule has 0 aromatic heterocycles. The van der Waals surface area contributed by atoms with E-state index in [1.54, 1.807) is 0 Å². The van der Waals surface area contributed by atoms with Crippen molar-refractivity contribution in [1.29, 1.82) is 0 Å². The van der Waals surface area contributed by atoms with Crippen LogP contribution < -0.4 is 5.14 Å². The Morgan fingerprint density at radius 1 is 1.32 bits per heavy atom. The van der Waals surface area contributed by atoms with Crippen LogP contribution in [0.2, 0.25) is 0 Å². The number of hydrogen-bond acceptors (Lipinski definition) is 3. The maximum atomic E-state index is 13.2. The van der Waals surface area contributed by atoms with Crippen molar-refractivity contribution in [3.8, 4) is 0 Å². The van der Waals surface area contributed by atoms with E-state index in [9.17, 15) is 22.0 Å². The highest BCUT2D eigenvalue weighted by molar-refractivity contribution is 7.89. The van der Waals surface area contributed by atoms with E-state index >= 15 is 0 Å². The van der Waals surface area contributed by atoms with Gasteiger partial charge in [0, 0.05) is 13.6 Å². The van der Waals surface area contributed by atoms with Gasteiger partial charge in [0.1, 0.15) is 0 Å². The van der Waals surface area contributed by atoms with Gasteiger partial charge in [-0.2, -0.15) is 0 Å². The average molecular weight is 292 g/mol. The Kier molecular flexibility index (Phi) is 4.59. The van der Waals surface area contributed by atoms with Gasteiger partial charge in [-0.05, 0) is 18.6 Å². The average Bonchev–Trinajstić information content (AvgIpc) is 2.30. The molecule has 8 heteroatoms. The molecule has 19 heavy (non-hydrogen) atoms. The molecule has 0 saturated carbocycles. The zero-order chi connectivity index (χ0) is 14.8. The van der Waals surface area contributed by atoms with Crippen molar-refractivity contribution < 1.29 is 22.0 Å². The summed E-state index contributed by atoms with van der Waals surface area (Å²) in [5.41, 5.74) is -0.475. The van der Waals surface area contributed by atoms with Crippen molar-refractivity contribution in [1.82, 2.24) is 4.90 Å². The van der Waals surface area contributed by atoms with E-state index in [0.717, 1.165) is 0 Å². The minimum Gasteiger partial charge on any atom is -0.342 e. The second kappa shape index (κ2) is 5.62. The summed E-state index contributed by atoms with van der Waals surface area (Å²) in [6, 6.07) is 0.960. The smallest absolute Gasteiger partial charge is 0.255 e. The van der Waals surface area contributed by atoms with E-state index in [1.807, 2.05) is 6.92 Å². The van der Waals surface area contributed by atoms with Crippen molar-refractivity contribution in [3.05, 3.63) is 29.3 Å². The van der Waals surface area contributed by atoms with Gasteiger partial charge in [-0.3, -0.25) is 4.79 Å². The van der Waals surface area contributed by atoms with Crippen LogP contribution in [0.4, 0.5) is 8.78 Å². The highest BCUT2D eigenvalue weighted by Crippen LogP contribution is 2.20. The van der Waals surface area contributed by atoms with Gasteiger partial charge in [0.2, 0.25) is 10.0 Å². The maximum absolute atomic E-state index is 13.2. The fourth-order valence-electron chi connectivity index (χ4n) is 1.57. The topological polar surface area (TPSA) is 80.5 Å². The molecule has 0 spiro atoms. The number of carbonyl (C=O) groups excluding carboxylic acids is 1. The van der Waals surface area contributed by atoms with E-state index < -0.39 is 38.0 Å². The lowest BCUT2D eigenvalue weighted by Crippen LogP contribution is -2.30. The normalized spacial score (nSPS) is 11.4. The molecule has 0 aliphatic rings. The first kappa shape index (κ1) is 15.5. The Balaban J connectivity index is 3.42. The van der Waals surface area contributed by atoms with Crippen molar-refractivity contribution in [2.24, 2.45) is 5.14 Å². The highest BCUT2D eigenvalue weighted by Gasteiger charge is 2.24. The van der Waals surface area contributed by atoms with Crippen molar-refractivity contribution in [2.45, 2.75) is 18.2 Å². The van der Waals surface area contributed by atoms with Gasteiger partial charge in [0.05, 0.1) is 10.5 Å². The third-order valence-electron chi connectivity index (χ3n) is 2.47. The van der Waals surface area contributed by atoms with Gasteiger partial charge in [-0.25, -0.2) is 22.3 Å². The molecule has 0 atom stereocenters.